The molecule has 6 heteroatoms. The van der Waals surface area contributed by atoms with Gasteiger partial charge in [-0.05, 0) is 6.92 Å². The molecule has 0 saturated carbocycles. The summed E-state index contributed by atoms with van der Waals surface area (Å²) in [7, 11) is 1.40. The normalized spacial score (nSPS) is 17.8. The first-order chi connectivity index (χ1) is 7.01. The Kier molecular flexibility index (Phi) is 6.95. The number of hydroxylamine groups is 1. The van der Waals surface area contributed by atoms with E-state index in [2.05, 4.69) is 10.3 Å². The van der Waals surface area contributed by atoms with Gasteiger partial charge in [-0.1, -0.05) is 6.92 Å². The Morgan fingerprint density at radius 3 is 2.47 bits per heavy atom. The van der Waals surface area contributed by atoms with E-state index < -0.39 is 11.8 Å². The van der Waals surface area contributed by atoms with Crippen molar-refractivity contribution >= 4 is 0 Å². The predicted octanol–water partition coefficient (Wildman–Crippen LogP) is -0.154. The zero-order valence-electron chi connectivity index (χ0n) is 9.53. The van der Waals surface area contributed by atoms with Crippen LogP contribution in [0.15, 0.2) is 0 Å². The molecular formula is C9H21FN2O3. The fourth-order valence-corrected chi connectivity index (χ4v) is 1.47. The molecule has 2 atom stereocenters. The minimum atomic E-state index is -1.68. The molecular weight excluding hydrogens is 203 g/mol. The van der Waals surface area contributed by atoms with Gasteiger partial charge in [-0.25, -0.2) is 9.29 Å². The van der Waals surface area contributed by atoms with Crippen LogP contribution in [0.5, 0.6) is 0 Å². The van der Waals surface area contributed by atoms with E-state index in [0.717, 1.165) is 0 Å². The van der Waals surface area contributed by atoms with Crippen LogP contribution in [0.2, 0.25) is 0 Å². The summed E-state index contributed by atoms with van der Waals surface area (Å²) in [4.78, 5) is 5.90. The molecule has 3 N–H and O–H groups in total. The average Bonchev–Trinajstić information content (AvgIpc) is 2.18. The predicted molar refractivity (Wildman–Crippen MR) is 54.6 cm³/mol. The van der Waals surface area contributed by atoms with E-state index in [1.807, 2.05) is 0 Å². The third-order valence-corrected chi connectivity index (χ3v) is 2.34. The van der Waals surface area contributed by atoms with Crippen LogP contribution in [0, 0.1) is 0 Å². The van der Waals surface area contributed by atoms with Crippen molar-refractivity contribution in [2.75, 3.05) is 27.0 Å². The molecule has 0 aliphatic heterocycles. The van der Waals surface area contributed by atoms with Crippen LogP contribution in [0.25, 0.3) is 0 Å². The molecule has 0 aromatic heterocycles. The van der Waals surface area contributed by atoms with Gasteiger partial charge in [0.2, 0.25) is 0 Å². The van der Waals surface area contributed by atoms with E-state index in [1.165, 1.54) is 18.9 Å². The third kappa shape index (κ3) is 4.85. The van der Waals surface area contributed by atoms with Crippen LogP contribution in [-0.4, -0.2) is 53.9 Å². The zero-order chi connectivity index (χ0) is 11.9. The van der Waals surface area contributed by atoms with Crippen molar-refractivity contribution in [2.24, 2.45) is 0 Å². The van der Waals surface area contributed by atoms with Gasteiger partial charge < -0.3 is 15.1 Å². The molecule has 15 heavy (non-hydrogen) atoms. The first-order valence-corrected chi connectivity index (χ1v) is 4.96. The number of hydrogen-bond donors (Lipinski definition) is 3. The molecule has 0 aliphatic carbocycles. The molecule has 1 unspecified atom stereocenters. The highest BCUT2D eigenvalue weighted by atomic mass is 19.1. The summed E-state index contributed by atoms with van der Waals surface area (Å²) in [6.07, 6.45) is 0.0335. The summed E-state index contributed by atoms with van der Waals surface area (Å²) < 4.78 is 14.1. The van der Waals surface area contributed by atoms with E-state index in [4.69, 9.17) is 10.2 Å². The number of nitrogens with one attached hydrogen (secondary N) is 1. The first-order valence-electron chi connectivity index (χ1n) is 4.96. The number of nitrogens with zero attached hydrogens (tertiary/aromatic N) is 1. The van der Waals surface area contributed by atoms with Crippen LogP contribution in [0.4, 0.5) is 4.39 Å². The number of aliphatic hydroxyl groups is 2. The molecule has 5 nitrogen and oxygen atoms in total. The summed E-state index contributed by atoms with van der Waals surface area (Å²) in [6.45, 7) is 2.94. The SMILES string of the molecule is CCN(CO)C(C)(F)C[C@@H](CO)NOC. The summed E-state index contributed by atoms with van der Waals surface area (Å²) >= 11 is 0. The second-order valence-corrected chi connectivity index (χ2v) is 3.55. The quantitative estimate of drug-likeness (QED) is 0.304. The second kappa shape index (κ2) is 7.08. The van der Waals surface area contributed by atoms with Gasteiger partial charge in [0.25, 0.3) is 0 Å². The summed E-state index contributed by atoms with van der Waals surface area (Å²) in [5, 5.41) is 17.9. The highest BCUT2D eigenvalue weighted by molar-refractivity contribution is 4.78. The van der Waals surface area contributed by atoms with Gasteiger partial charge in [-0.2, -0.15) is 5.48 Å². The Bertz CT molecular complexity index is 165. The largest absolute Gasteiger partial charge is 0.395 e. The monoisotopic (exact) mass is 224 g/mol. The number of aliphatic hydroxyl groups excluding tert-OH is 2. The number of halogens is 1. The maximum atomic E-state index is 14.1. The van der Waals surface area contributed by atoms with E-state index >= 15 is 0 Å². The molecule has 0 heterocycles. The molecule has 0 fully saturated rings. The molecule has 0 spiro atoms. The zero-order valence-corrected chi connectivity index (χ0v) is 9.53. The van der Waals surface area contributed by atoms with Gasteiger partial charge in [0, 0.05) is 13.0 Å². The second-order valence-electron chi connectivity index (χ2n) is 3.55. The van der Waals surface area contributed by atoms with Crippen molar-refractivity contribution in [3.8, 4) is 0 Å². The van der Waals surface area contributed by atoms with Crippen molar-refractivity contribution in [1.29, 1.82) is 0 Å². The maximum Gasteiger partial charge on any atom is 0.164 e. The molecule has 0 aromatic rings. The molecule has 0 radical (unpaired) electrons. The van der Waals surface area contributed by atoms with Gasteiger partial charge >= 0.3 is 0 Å². The van der Waals surface area contributed by atoms with E-state index in [9.17, 15) is 4.39 Å². The Labute approximate surface area is 89.8 Å². The summed E-state index contributed by atoms with van der Waals surface area (Å²) in [6, 6.07) is -0.495. The summed E-state index contributed by atoms with van der Waals surface area (Å²) in [5.41, 5.74) is 2.49. The fourth-order valence-electron chi connectivity index (χ4n) is 1.47. The van der Waals surface area contributed by atoms with Crippen LogP contribution < -0.4 is 5.48 Å². The molecule has 92 valence electrons. The van der Waals surface area contributed by atoms with Gasteiger partial charge in [0.15, 0.2) is 5.79 Å². The molecule has 0 aliphatic rings. The summed E-state index contributed by atoms with van der Waals surface area (Å²) in [5.74, 6) is -1.68. The van der Waals surface area contributed by atoms with Gasteiger partial charge in [0.05, 0.1) is 26.5 Å². The van der Waals surface area contributed by atoms with Gasteiger partial charge in [-0.15, -0.1) is 0 Å². The first kappa shape index (κ1) is 14.7. The van der Waals surface area contributed by atoms with Crippen molar-refractivity contribution < 1.29 is 19.4 Å². The van der Waals surface area contributed by atoms with Crippen LogP contribution in [-0.2, 0) is 4.84 Å². The minimum absolute atomic E-state index is 0.0335. The van der Waals surface area contributed by atoms with Crippen LogP contribution >= 0.6 is 0 Å². The molecule has 0 aromatic carbocycles. The molecule has 0 rings (SSSR count). The van der Waals surface area contributed by atoms with E-state index in [1.54, 1.807) is 6.92 Å². The minimum Gasteiger partial charge on any atom is -0.395 e. The number of alkyl halides is 1. The topological polar surface area (TPSA) is 65.0 Å². The molecule has 0 bridgehead atoms. The van der Waals surface area contributed by atoms with Crippen molar-refractivity contribution in [3.05, 3.63) is 0 Å². The Morgan fingerprint density at radius 1 is 1.53 bits per heavy atom. The Hall–Kier alpha value is -0.270. The highest BCUT2D eigenvalue weighted by Crippen LogP contribution is 2.22. The van der Waals surface area contributed by atoms with Gasteiger partial charge in [0.1, 0.15) is 0 Å². The Morgan fingerprint density at radius 2 is 2.13 bits per heavy atom. The smallest absolute Gasteiger partial charge is 0.164 e. The molecule has 0 amide bonds. The maximum absolute atomic E-state index is 14.1. The lowest BCUT2D eigenvalue weighted by atomic mass is 10.1. The van der Waals surface area contributed by atoms with Crippen molar-refractivity contribution in [2.45, 2.75) is 32.1 Å². The van der Waals surface area contributed by atoms with Crippen LogP contribution in [0.1, 0.15) is 20.3 Å². The van der Waals surface area contributed by atoms with E-state index in [-0.39, 0.29) is 19.8 Å². The van der Waals surface area contributed by atoms with Crippen molar-refractivity contribution in [1.82, 2.24) is 10.4 Å². The Balaban J connectivity index is 4.30. The van der Waals surface area contributed by atoms with Crippen molar-refractivity contribution in [3.63, 3.8) is 0 Å². The van der Waals surface area contributed by atoms with Crippen LogP contribution in [0.3, 0.4) is 0 Å². The third-order valence-electron chi connectivity index (χ3n) is 2.34. The lowest BCUT2D eigenvalue weighted by Crippen LogP contribution is -2.48. The number of hydrogen-bond acceptors (Lipinski definition) is 5. The molecule has 0 saturated heterocycles. The van der Waals surface area contributed by atoms with E-state index in [0.29, 0.717) is 6.54 Å². The average molecular weight is 224 g/mol. The standard InChI is InChI=1S/C9H21FN2O3/c1-4-12(7-14)9(2,10)5-8(6-13)11-15-3/h8,11,13-14H,4-7H2,1-3H3/t8-,9?/m0/s1. The van der Waals surface area contributed by atoms with Gasteiger partial charge in [-0.3, -0.25) is 0 Å². The number of rotatable bonds is 8. The lowest BCUT2D eigenvalue weighted by Gasteiger charge is -2.34. The fraction of sp³-hybridized carbons (Fsp3) is 1.00. The lowest BCUT2D eigenvalue weighted by molar-refractivity contribution is -0.0888. The highest BCUT2D eigenvalue weighted by Gasteiger charge is 2.33.